The Morgan fingerprint density at radius 3 is 1.22 bits per heavy atom. The average Bonchev–Trinajstić information content (AvgIpc) is 2.76. The molecule has 4 aromatic carbocycles. The Morgan fingerprint density at radius 1 is 0.370 bits per heavy atom. The van der Waals surface area contributed by atoms with Crippen molar-refractivity contribution < 1.29 is 0 Å². The van der Waals surface area contributed by atoms with Gasteiger partial charge in [-0.1, -0.05) is 91.0 Å². The molecule has 0 fully saturated rings. The van der Waals surface area contributed by atoms with E-state index in [0.29, 0.717) is 0 Å². The van der Waals surface area contributed by atoms with E-state index in [-0.39, 0.29) is 0 Å². The summed E-state index contributed by atoms with van der Waals surface area (Å²) in [6.07, 6.45) is 4.29. The van der Waals surface area contributed by atoms with Gasteiger partial charge >= 0.3 is 0 Å². The highest BCUT2D eigenvalue weighted by molar-refractivity contribution is 5.78. The summed E-state index contributed by atoms with van der Waals surface area (Å²) in [7, 11) is 0. The second kappa shape index (κ2) is 8.20. The third-order valence-corrected chi connectivity index (χ3v) is 4.45. The van der Waals surface area contributed by atoms with Gasteiger partial charge in [-0.05, 0) is 47.5 Å². The number of nitrogens with zero attached hydrogens (tertiary/aromatic N) is 1. The van der Waals surface area contributed by atoms with Crippen molar-refractivity contribution in [2.24, 2.45) is 0 Å². The van der Waals surface area contributed by atoms with Gasteiger partial charge in [0.25, 0.3) is 0 Å². The van der Waals surface area contributed by atoms with Gasteiger partial charge in [-0.25, -0.2) is 0 Å². The molecule has 0 aliphatic rings. The van der Waals surface area contributed by atoms with Crippen LogP contribution in [-0.4, -0.2) is 0 Å². The highest BCUT2D eigenvalue weighted by Crippen LogP contribution is 2.34. The van der Waals surface area contributed by atoms with E-state index < -0.39 is 0 Å². The fourth-order valence-corrected chi connectivity index (χ4v) is 3.09. The SMILES string of the molecule is C(=Cc1ccc(N(c2ccccc2)c2ccccc2)cc1)c1ccccc1. The van der Waals surface area contributed by atoms with Gasteiger partial charge in [0.1, 0.15) is 0 Å². The molecule has 0 aliphatic heterocycles. The maximum Gasteiger partial charge on any atom is 0.0462 e. The molecule has 1 nitrogen and oxygen atoms in total. The van der Waals surface area contributed by atoms with Gasteiger partial charge in [-0.15, -0.1) is 0 Å². The molecule has 0 bridgehead atoms. The monoisotopic (exact) mass is 347 g/mol. The van der Waals surface area contributed by atoms with Crippen molar-refractivity contribution in [1.82, 2.24) is 0 Å². The largest absolute Gasteiger partial charge is 0.311 e. The van der Waals surface area contributed by atoms with Gasteiger partial charge in [0.05, 0.1) is 0 Å². The van der Waals surface area contributed by atoms with Crippen molar-refractivity contribution in [1.29, 1.82) is 0 Å². The predicted molar refractivity (Wildman–Crippen MR) is 116 cm³/mol. The van der Waals surface area contributed by atoms with E-state index in [1.807, 2.05) is 18.2 Å². The molecule has 27 heavy (non-hydrogen) atoms. The summed E-state index contributed by atoms with van der Waals surface area (Å²) >= 11 is 0. The fourth-order valence-electron chi connectivity index (χ4n) is 3.09. The zero-order valence-corrected chi connectivity index (χ0v) is 15.1. The van der Waals surface area contributed by atoms with Crippen molar-refractivity contribution in [3.8, 4) is 0 Å². The average molecular weight is 347 g/mol. The first-order valence-corrected chi connectivity index (χ1v) is 9.13. The third-order valence-electron chi connectivity index (χ3n) is 4.45. The molecule has 4 aromatic rings. The van der Waals surface area contributed by atoms with Crippen LogP contribution in [0.25, 0.3) is 12.2 Å². The number of para-hydroxylation sites is 2. The van der Waals surface area contributed by atoms with E-state index in [4.69, 9.17) is 0 Å². The minimum Gasteiger partial charge on any atom is -0.311 e. The number of anilines is 3. The molecule has 0 aliphatic carbocycles. The summed E-state index contributed by atoms with van der Waals surface area (Å²) in [6, 6.07) is 39.9. The molecule has 0 saturated carbocycles. The molecular weight excluding hydrogens is 326 g/mol. The Hall–Kier alpha value is -3.58. The van der Waals surface area contributed by atoms with Crippen molar-refractivity contribution >= 4 is 29.2 Å². The smallest absolute Gasteiger partial charge is 0.0462 e. The van der Waals surface area contributed by atoms with Crippen LogP contribution >= 0.6 is 0 Å². The number of hydrogen-bond acceptors (Lipinski definition) is 1. The maximum atomic E-state index is 2.27. The molecule has 0 heterocycles. The van der Waals surface area contributed by atoms with E-state index in [1.165, 1.54) is 11.1 Å². The predicted octanol–water partition coefficient (Wildman–Crippen LogP) is 7.33. The lowest BCUT2D eigenvalue weighted by molar-refractivity contribution is 1.28. The molecule has 0 atom stereocenters. The van der Waals surface area contributed by atoms with Crippen LogP contribution in [0.5, 0.6) is 0 Å². The molecule has 0 saturated heterocycles. The summed E-state index contributed by atoms with van der Waals surface area (Å²) in [4.78, 5) is 2.27. The summed E-state index contributed by atoms with van der Waals surface area (Å²) < 4.78 is 0. The van der Waals surface area contributed by atoms with Crippen LogP contribution in [0.2, 0.25) is 0 Å². The second-order valence-electron chi connectivity index (χ2n) is 6.34. The number of hydrogen-bond donors (Lipinski definition) is 0. The fraction of sp³-hybridized carbons (Fsp3) is 0. The molecule has 0 unspecified atom stereocenters. The van der Waals surface area contributed by atoms with Crippen LogP contribution in [0.3, 0.4) is 0 Å². The van der Waals surface area contributed by atoms with Crippen molar-refractivity contribution in [3.05, 3.63) is 126 Å². The zero-order chi connectivity index (χ0) is 18.3. The van der Waals surface area contributed by atoms with E-state index in [1.54, 1.807) is 0 Å². The van der Waals surface area contributed by atoms with Gasteiger partial charge in [0.2, 0.25) is 0 Å². The van der Waals surface area contributed by atoms with Crippen molar-refractivity contribution in [2.45, 2.75) is 0 Å². The minimum absolute atomic E-state index is 1.14. The highest BCUT2D eigenvalue weighted by Gasteiger charge is 2.11. The first-order chi connectivity index (χ1) is 13.4. The molecule has 0 aromatic heterocycles. The molecule has 0 radical (unpaired) electrons. The lowest BCUT2D eigenvalue weighted by atomic mass is 10.1. The zero-order valence-electron chi connectivity index (χ0n) is 15.1. The van der Waals surface area contributed by atoms with E-state index in [9.17, 15) is 0 Å². The molecule has 0 spiro atoms. The van der Waals surface area contributed by atoms with Crippen LogP contribution < -0.4 is 4.90 Å². The molecule has 4 rings (SSSR count). The lowest BCUT2D eigenvalue weighted by Gasteiger charge is -2.25. The third kappa shape index (κ3) is 4.16. The van der Waals surface area contributed by atoms with Gasteiger partial charge in [0, 0.05) is 17.1 Å². The van der Waals surface area contributed by atoms with Gasteiger partial charge in [-0.3, -0.25) is 0 Å². The molecular formula is C26H21N. The summed E-state index contributed by atoms with van der Waals surface area (Å²) in [5.74, 6) is 0. The van der Waals surface area contributed by atoms with Crippen LogP contribution in [0.1, 0.15) is 11.1 Å². The van der Waals surface area contributed by atoms with Crippen LogP contribution in [0, 0.1) is 0 Å². The van der Waals surface area contributed by atoms with Crippen LogP contribution in [0.4, 0.5) is 17.1 Å². The number of rotatable bonds is 5. The Bertz CT molecular complexity index is 949. The molecule has 130 valence electrons. The van der Waals surface area contributed by atoms with E-state index >= 15 is 0 Å². The van der Waals surface area contributed by atoms with Crippen LogP contribution in [0.15, 0.2) is 115 Å². The first kappa shape index (κ1) is 16.9. The van der Waals surface area contributed by atoms with E-state index in [0.717, 1.165) is 17.1 Å². The highest BCUT2D eigenvalue weighted by atomic mass is 15.1. The maximum absolute atomic E-state index is 2.27. The van der Waals surface area contributed by atoms with E-state index in [2.05, 4.69) is 114 Å². The lowest BCUT2D eigenvalue weighted by Crippen LogP contribution is -2.09. The van der Waals surface area contributed by atoms with Gasteiger partial charge < -0.3 is 4.90 Å². The Balaban J connectivity index is 1.64. The number of benzene rings is 4. The normalized spacial score (nSPS) is 10.8. The first-order valence-electron chi connectivity index (χ1n) is 9.13. The second-order valence-corrected chi connectivity index (χ2v) is 6.34. The van der Waals surface area contributed by atoms with Crippen molar-refractivity contribution in [2.75, 3.05) is 4.90 Å². The summed E-state index contributed by atoms with van der Waals surface area (Å²) in [5.41, 5.74) is 5.83. The Labute approximate surface area is 160 Å². The molecule has 0 amide bonds. The topological polar surface area (TPSA) is 3.24 Å². The van der Waals surface area contributed by atoms with Crippen molar-refractivity contribution in [3.63, 3.8) is 0 Å². The standard InChI is InChI=1S/C26H21N/c1-4-10-22(11-5-1)16-17-23-18-20-26(21-19-23)27(24-12-6-2-7-13-24)25-14-8-3-9-15-25/h1-21H. The van der Waals surface area contributed by atoms with Gasteiger partial charge in [0.15, 0.2) is 0 Å². The summed E-state index contributed by atoms with van der Waals surface area (Å²) in [6.45, 7) is 0. The minimum atomic E-state index is 1.14. The Morgan fingerprint density at radius 2 is 0.741 bits per heavy atom. The molecule has 1 heteroatoms. The van der Waals surface area contributed by atoms with Gasteiger partial charge in [-0.2, -0.15) is 0 Å². The Kier molecular flexibility index (Phi) is 5.12. The molecule has 0 N–H and O–H groups in total. The summed E-state index contributed by atoms with van der Waals surface area (Å²) in [5, 5.41) is 0. The van der Waals surface area contributed by atoms with Crippen LogP contribution in [-0.2, 0) is 0 Å². The quantitative estimate of drug-likeness (QED) is 0.342.